The van der Waals surface area contributed by atoms with E-state index in [0.29, 0.717) is 0 Å². The summed E-state index contributed by atoms with van der Waals surface area (Å²) < 4.78 is 0. The molecule has 2 aromatic rings. The zero-order valence-electron chi connectivity index (χ0n) is 12.5. The maximum Gasteiger partial charge on any atom is 0.303 e. The Balaban J connectivity index is 0.000000309. The maximum atomic E-state index is 9.37. The molecule has 1 aliphatic rings. The second-order valence-corrected chi connectivity index (χ2v) is 4.89. The second-order valence-electron chi connectivity index (χ2n) is 4.89. The molecular formula is C18H19NO3. The third kappa shape index (κ3) is 3.52. The number of carbonyl (C=O) groups is 1. The van der Waals surface area contributed by atoms with Crippen LogP contribution in [0.1, 0.15) is 30.9 Å². The highest BCUT2D eigenvalue weighted by atomic mass is 16.7. The molecule has 0 spiro atoms. The fourth-order valence-corrected chi connectivity index (χ4v) is 2.25. The monoisotopic (exact) mass is 297 g/mol. The Bertz CT molecular complexity index is 574. The van der Waals surface area contributed by atoms with Crippen molar-refractivity contribution in [2.24, 2.45) is 5.16 Å². The van der Waals surface area contributed by atoms with E-state index in [4.69, 9.17) is 9.94 Å². The Morgan fingerprint density at radius 1 is 1.09 bits per heavy atom. The van der Waals surface area contributed by atoms with Crippen LogP contribution in [-0.2, 0) is 15.2 Å². The van der Waals surface area contributed by atoms with Gasteiger partial charge in [-0.1, -0.05) is 72.7 Å². The van der Waals surface area contributed by atoms with Crippen LogP contribution in [0.15, 0.2) is 65.8 Å². The van der Waals surface area contributed by atoms with Gasteiger partial charge in [-0.15, -0.1) is 0 Å². The van der Waals surface area contributed by atoms with Crippen molar-refractivity contribution >= 4 is 12.2 Å². The smallest absolute Gasteiger partial charge is 0.303 e. The van der Waals surface area contributed by atoms with E-state index < -0.39 is 11.6 Å². The van der Waals surface area contributed by atoms with E-state index in [-0.39, 0.29) is 6.42 Å². The first kappa shape index (κ1) is 15.8. The summed E-state index contributed by atoms with van der Waals surface area (Å²) in [5.74, 6) is -0.745. The number of hydrogen-bond donors (Lipinski definition) is 1. The summed E-state index contributed by atoms with van der Waals surface area (Å²) >= 11 is 0. The molecule has 0 aromatic heterocycles. The standard InChI is InChI=1S/C15H13NO.C3H6O2/c1-3-7-13(8-4-1)15(11-12-16-17-15)14-9-5-2-6-10-14;1-2-3(4)5/h1-10,12H,11H2;2H2,1H3,(H,4,5). The summed E-state index contributed by atoms with van der Waals surface area (Å²) in [6.07, 6.45) is 2.83. The minimum absolute atomic E-state index is 0.222. The molecule has 0 saturated heterocycles. The van der Waals surface area contributed by atoms with Crippen molar-refractivity contribution in [1.82, 2.24) is 0 Å². The normalized spacial score (nSPS) is 14.6. The molecule has 114 valence electrons. The molecule has 0 bridgehead atoms. The summed E-state index contributed by atoms with van der Waals surface area (Å²) in [4.78, 5) is 15.1. The molecule has 0 radical (unpaired) electrons. The largest absolute Gasteiger partial charge is 0.481 e. The van der Waals surface area contributed by atoms with Gasteiger partial charge in [0.2, 0.25) is 0 Å². The van der Waals surface area contributed by atoms with Crippen molar-refractivity contribution in [2.75, 3.05) is 0 Å². The Labute approximate surface area is 130 Å². The fourth-order valence-electron chi connectivity index (χ4n) is 2.25. The van der Waals surface area contributed by atoms with Gasteiger partial charge in [-0.25, -0.2) is 0 Å². The number of carboxylic acids is 1. The van der Waals surface area contributed by atoms with Crippen LogP contribution in [0.5, 0.6) is 0 Å². The van der Waals surface area contributed by atoms with E-state index >= 15 is 0 Å². The summed E-state index contributed by atoms with van der Waals surface area (Å²) in [6.45, 7) is 1.60. The van der Waals surface area contributed by atoms with Crippen LogP contribution in [-0.4, -0.2) is 17.3 Å². The summed E-state index contributed by atoms with van der Waals surface area (Å²) in [7, 11) is 0. The predicted octanol–water partition coefficient (Wildman–Crippen LogP) is 3.82. The minimum atomic E-state index is -0.745. The van der Waals surface area contributed by atoms with E-state index in [9.17, 15) is 4.79 Å². The molecule has 1 heterocycles. The first-order valence-electron chi connectivity index (χ1n) is 7.22. The van der Waals surface area contributed by atoms with Gasteiger partial charge >= 0.3 is 5.97 Å². The molecule has 1 aliphatic heterocycles. The molecule has 1 N–H and O–H groups in total. The van der Waals surface area contributed by atoms with E-state index in [2.05, 4.69) is 29.4 Å². The highest BCUT2D eigenvalue weighted by Crippen LogP contribution is 2.39. The first-order valence-corrected chi connectivity index (χ1v) is 7.22. The molecule has 0 unspecified atom stereocenters. The summed E-state index contributed by atoms with van der Waals surface area (Å²) in [5.41, 5.74) is 1.84. The third-order valence-corrected chi connectivity index (χ3v) is 3.44. The average Bonchev–Trinajstić information content (AvgIpc) is 3.08. The topological polar surface area (TPSA) is 58.9 Å². The summed E-state index contributed by atoms with van der Waals surface area (Å²) in [6, 6.07) is 20.5. The molecule has 22 heavy (non-hydrogen) atoms. The van der Waals surface area contributed by atoms with Gasteiger partial charge in [-0.3, -0.25) is 4.79 Å². The minimum Gasteiger partial charge on any atom is -0.481 e. The molecule has 0 atom stereocenters. The Kier molecular flexibility index (Phi) is 5.31. The van der Waals surface area contributed by atoms with Gasteiger partial charge in [0.05, 0.1) is 0 Å². The van der Waals surface area contributed by atoms with Crippen LogP contribution in [0.2, 0.25) is 0 Å². The number of benzene rings is 2. The second kappa shape index (κ2) is 7.41. The average molecular weight is 297 g/mol. The Hall–Kier alpha value is -2.62. The van der Waals surface area contributed by atoms with Crippen LogP contribution < -0.4 is 0 Å². The zero-order valence-corrected chi connectivity index (χ0v) is 12.5. The lowest BCUT2D eigenvalue weighted by molar-refractivity contribution is -0.136. The quantitative estimate of drug-likeness (QED) is 0.937. The number of oxime groups is 1. The van der Waals surface area contributed by atoms with Crippen molar-refractivity contribution < 1.29 is 14.7 Å². The molecule has 4 nitrogen and oxygen atoms in total. The van der Waals surface area contributed by atoms with Crippen molar-refractivity contribution in [2.45, 2.75) is 25.4 Å². The lowest BCUT2D eigenvalue weighted by Crippen LogP contribution is -2.26. The van der Waals surface area contributed by atoms with Crippen molar-refractivity contribution in [3.63, 3.8) is 0 Å². The van der Waals surface area contributed by atoms with Crippen LogP contribution in [0.3, 0.4) is 0 Å². The fraction of sp³-hybridized carbons (Fsp3) is 0.222. The highest BCUT2D eigenvalue weighted by Gasteiger charge is 2.39. The molecule has 0 aliphatic carbocycles. The van der Waals surface area contributed by atoms with Gasteiger partial charge < -0.3 is 9.94 Å². The zero-order chi connectivity index (χ0) is 15.8. The van der Waals surface area contributed by atoms with Gasteiger partial charge in [0.15, 0.2) is 5.60 Å². The Morgan fingerprint density at radius 3 is 1.86 bits per heavy atom. The number of hydrogen-bond acceptors (Lipinski definition) is 3. The van der Waals surface area contributed by atoms with Crippen LogP contribution in [0.4, 0.5) is 0 Å². The van der Waals surface area contributed by atoms with Crippen molar-refractivity contribution in [1.29, 1.82) is 0 Å². The SMILES string of the molecule is C1=NOC(c2ccccc2)(c2ccccc2)C1.CCC(=O)O. The van der Waals surface area contributed by atoms with Gasteiger partial charge in [0.25, 0.3) is 0 Å². The number of rotatable bonds is 3. The van der Waals surface area contributed by atoms with Crippen molar-refractivity contribution in [3.8, 4) is 0 Å². The summed E-state index contributed by atoms with van der Waals surface area (Å²) in [5, 5.41) is 11.7. The van der Waals surface area contributed by atoms with E-state index in [1.807, 2.05) is 42.6 Å². The van der Waals surface area contributed by atoms with Crippen LogP contribution in [0.25, 0.3) is 0 Å². The Morgan fingerprint density at radius 2 is 1.55 bits per heavy atom. The van der Waals surface area contributed by atoms with E-state index in [0.717, 1.165) is 17.5 Å². The van der Waals surface area contributed by atoms with Gasteiger partial charge in [-0.2, -0.15) is 0 Å². The highest BCUT2D eigenvalue weighted by molar-refractivity contribution is 5.66. The molecule has 0 amide bonds. The van der Waals surface area contributed by atoms with E-state index in [1.54, 1.807) is 6.92 Å². The molecule has 3 rings (SSSR count). The lowest BCUT2D eigenvalue weighted by atomic mass is 9.84. The number of aliphatic carboxylic acids is 1. The molecule has 0 fully saturated rings. The van der Waals surface area contributed by atoms with Gasteiger partial charge in [0.1, 0.15) is 0 Å². The van der Waals surface area contributed by atoms with Crippen LogP contribution in [0, 0.1) is 0 Å². The van der Waals surface area contributed by atoms with Gasteiger partial charge in [0, 0.05) is 30.2 Å². The molecule has 0 saturated carbocycles. The molecule has 4 heteroatoms. The van der Waals surface area contributed by atoms with E-state index in [1.165, 1.54) is 0 Å². The van der Waals surface area contributed by atoms with Crippen LogP contribution >= 0.6 is 0 Å². The maximum absolute atomic E-state index is 9.37. The first-order chi connectivity index (χ1) is 10.7. The number of carboxylic acid groups (broad SMARTS) is 1. The number of nitrogens with zero attached hydrogens (tertiary/aromatic N) is 1. The lowest BCUT2D eigenvalue weighted by Gasteiger charge is -2.27. The van der Waals surface area contributed by atoms with Crippen molar-refractivity contribution in [3.05, 3.63) is 71.8 Å². The molecule has 2 aromatic carbocycles. The molecular weight excluding hydrogens is 278 g/mol. The predicted molar refractivity (Wildman–Crippen MR) is 85.8 cm³/mol. The third-order valence-electron chi connectivity index (χ3n) is 3.44. The van der Waals surface area contributed by atoms with Gasteiger partial charge in [-0.05, 0) is 0 Å².